The number of nitrogen functional groups attached to an aromatic ring is 1. The summed E-state index contributed by atoms with van der Waals surface area (Å²) < 4.78 is 4.79. The zero-order valence-electron chi connectivity index (χ0n) is 12.0. The summed E-state index contributed by atoms with van der Waals surface area (Å²) >= 11 is 1.79. The van der Waals surface area contributed by atoms with Crippen LogP contribution in [0.15, 0.2) is 35.4 Å². The smallest absolute Gasteiger partial charge is 0.306 e. The van der Waals surface area contributed by atoms with Crippen molar-refractivity contribution >= 4 is 34.3 Å². The molecule has 1 saturated carbocycles. The van der Waals surface area contributed by atoms with Crippen molar-refractivity contribution in [2.75, 3.05) is 18.6 Å². The van der Waals surface area contributed by atoms with Gasteiger partial charge >= 0.3 is 5.97 Å². The number of hydrogen-bond acceptors (Lipinski definition) is 5. The lowest BCUT2D eigenvalue weighted by molar-refractivity contribution is -0.141. The number of carbonyl (C=O) groups excluding carboxylic acids is 1. The van der Waals surface area contributed by atoms with Crippen LogP contribution >= 0.6 is 11.8 Å². The van der Waals surface area contributed by atoms with Crippen molar-refractivity contribution in [3.8, 4) is 0 Å². The number of nitrogens with two attached hydrogens (primary N) is 1. The number of ether oxygens (including phenoxy) is 1. The Hall–Kier alpha value is -1.75. The Balaban J connectivity index is 1.75. The molecule has 110 valence electrons. The molecule has 1 aliphatic rings. The second-order valence-electron chi connectivity index (χ2n) is 5.63. The number of rotatable bonds is 5. The molecule has 1 heterocycles. The van der Waals surface area contributed by atoms with Crippen LogP contribution < -0.4 is 5.73 Å². The first kappa shape index (κ1) is 14.2. The highest BCUT2D eigenvalue weighted by Gasteiger charge is 2.44. The molecule has 2 N–H and O–H groups in total. The van der Waals surface area contributed by atoms with Gasteiger partial charge in [-0.15, -0.1) is 11.8 Å². The summed E-state index contributed by atoms with van der Waals surface area (Å²) in [5, 5.41) is 1.12. The maximum atomic E-state index is 11.5. The van der Waals surface area contributed by atoms with Crippen molar-refractivity contribution in [3.63, 3.8) is 0 Å². The molecule has 5 heteroatoms. The van der Waals surface area contributed by atoms with Crippen LogP contribution in [0.25, 0.3) is 10.9 Å². The van der Waals surface area contributed by atoms with Crippen LogP contribution in [-0.4, -0.2) is 23.8 Å². The van der Waals surface area contributed by atoms with Crippen LogP contribution in [0.3, 0.4) is 0 Å². The molecular weight excluding hydrogens is 284 g/mol. The monoisotopic (exact) mass is 302 g/mol. The van der Waals surface area contributed by atoms with Crippen LogP contribution in [0.4, 0.5) is 5.69 Å². The average molecular weight is 302 g/mol. The van der Waals surface area contributed by atoms with E-state index in [0.29, 0.717) is 6.42 Å². The number of thioether (sulfide) groups is 1. The molecule has 1 aromatic carbocycles. The Kier molecular flexibility index (Phi) is 3.76. The molecule has 1 fully saturated rings. The SMILES string of the molecule is COC(=O)CC1(CSc2ccnc3cc(N)ccc23)CC1. The van der Waals surface area contributed by atoms with E-state index in [4.69, 9.17) is 10.5 Å². The van der Waals surface area contributed by atoms with E-state index in [1.807, 2.05) is 30.5 Å². The fraction of sp³-hybridized carbons (Fsp3) is 0.375. The molecule has 0 saturated heterocycles. The van der Waals surface area contributed by atoms with E-state index in [-0.39, 0.29) is 11.4 Å². The van der Waals surface area contributed by atoms with Gasteiger partial charge in [0.1, 0.15) is 0 Å². The molecule has 0 bridgehead atoms. The molecule has 0 spiro atoms. The highest BCUT2D eigenvalue weighted by molar-refractivity contribution is 7.99. The number of carbonyl (C=O) groups is 1. The summed E-state index contributed by atoms with van der Waals surface area (Å²) in [6.07, 6.45) is 4.53. The van der Waals surface area contributed by atoms with E-state index >= 15 is 0 Å². The Morgan fingerprint density at radius 3 is 2.95 bits per heavy atom. The van der Waals surface area contributed by atoms with Crippen LogP contribution in [0.2, 0.25) is 0 Å². The van der Waals surface area contributed by atoms with Crippen molar-refractivity contribution < 1.29 is 9.53 Å². The van der Waals surface area contributed by atoms with Gasteiger partial charge in [0.05, 0.1) is 19.0 Å². The lowest BCUT2D eigenvalue weighted by Gasteiger charge is -2.14. The van der Waals surface area contributed by atoms with Crippen LogP contribution in [0.1, 0.15) is 19.3 Å². The Labute approximate surface area is 128 Å². The van der Waals surface area contributed by atoms with E-state index < -0.39 is 0 Å². The van der Waals surface area contributed by atoms with Crippen LogP contribution in [-0.2, 0) is 9.53 Å². The number of aromatic nitrogens is 1. The van der Waals surface area contributed by atoms with Crippen LogP contribution in [0.5, 0.6) is 0 Å². The molecule has 0 atom stereocenters. The van der Waals surface area contributed by atoms with Crippen molar-refractivity contribution in [2.24, 2.45) is 5.41 Å². The topological polar surface area (TPSA) is 65.2 Å². The standard InChI is InChI=1S/C16H18N2O2S/c1-20-15(19)9-16(5-6-16)10-21-14-4-7-18-13-8-11(17)2-3-12(13)14/h2-4,7-8H,5-6,9-10,17H2,1H3. The number of methoxy groups -OCH3 is 1. The normalized spacial score (nSPS) is 15.9. The zero-order chi connectivity index (χ0) is 14.9. The summed E-state index contributed by atoms with van der Waals surface area (Å²) in [5.41, 5.74) is 7.56. The Morgan fingerprint density at radius 1 is 1.43 bits per heavy atom. The molecule has 4 nitrogen and oxygen atoms in total. The van der Waals surface area contributed by atoms with E-state index in [9.17, 15) is 4.79 Å². The largest absolute Gasteiger partial charge is 0.469 e. The molecule has 2 aromatic rings. The maximum absolute atomic E-state index is 11.5. The number of hydrogen-bond donors (Lipinski definition) is 1. The summed E-state index contributed by atoms with van der Waals surface area (Å²) in [4.78, 5) is 17.0. The molecule has 0 aliphatic heterocycles. The number of anilines is 1. The minimum atomic E-state index is -0.111. The second-order valence-corrected chi connectivity index (χ2v) is 6.64. The summed E-state index contributed by atoms with van der Waals surface area (Å²) in [6, 6.07) is 7.83. The van der Waals surface area contributed by atoms with Crippen molar-refractivity contribution in [2.45, 2.75) is 24.2 Å². The predicted octanol–water partition coefficient (Wildman–Crippen LogP) is 3.25. The highest BCUT2D eigenvalue weighted by Crippen LogP contribution is 2.52. The number of esters is 1. The molecule has 1 aliphatic carbocycles. The van der Waals surface area contributed by atoms with Crippen LogP contribution in [0, 0.1) is 5.41 Å². The van der Waals surface area contributed by atoms with E-state index in [2.05, 4.69) is 4.98 Å². The maximum Gasteiger partial charge on any atom is 0.306 e. The highest BCUT2D eigenvalue weighted by atomic mass is 32.2. The van der Waals surface area contributed by atoms with Gasteiger partial charge in [0.15, 0.2) is 0 Å². The third-order valence-electron chi connectivity index (χ3n) is 3.96. The third kappa shape index (κ3) is 3.13. The Bertz CT molecular complexity index is 683. The van der Waals surface area contributed by atoms with Gasteiger partial charge in [0.2, 0.25) is 0 Å². The quantitative estimate of drug-likeness (QED) is 0.522. The Morgan fingerprint density at radius 2 is 2.24 bits per heavy atom. The van der Waals surface area contributed by atoms with Crippen molar-refractivity contribution in [3.05, 3.63) is 30.5 Å². The fourth-order valence-corrected chi connectivity index (χ4v) is 3.76. The van der Waals surface area contributed by atoms with Crippen molar-refractivity contribution in [1.82, 2.24) is 4.98 Å². The second kappa shape index (κ2) is 5.56. The minimum absolute atomic E-state index is 0.111. The van der Waals surface area contributed by atoms with Gasteiger partial charge in [-0.25, -0.2) is 0 Å². The van der Waals surface area contributed by atoms with Gasteiger partial charge < -0.3 is 10.5 Å². The van der Waals surface area contributed by atoms with Gasteiger partial charge in [-0.05, 0) is 42.5 Å². The zero-order valence-corrected chi connectivity index (χ0v) is 12.8. The molecular formula is C16H18N2O2S. The summed E-state index contributed by atoms with van der Waals surface area (Å²) in [6.45, 7) is 0. The van der Waals surface area contributed by atoms with Gasteiger partial charge in [0, 0.05) is 27.9 Å². The third-order valence-corrected chi connectivity index (χ3v) is 5.39. The lowest BCUT2D eigenvalue weighted by atomic mass is 10.1. The van der Waals surface area contributed by atoms with E-state index in [1.165, 1.54) is 12.0 Å². The first-order valence-electron chi connectivity index (χ1n) is 6.96. The number of nitrogens with zero attached hydrogens (tertiary/aromatic N) is 1. The number of pyridine rings is 1. The number of benzene rings is 1. The van der Waals surface area contributed by atoms with E-state index in [0.717, 1.165) is 35.2 Å². The molecule has 0 radical (unpaired) electrons. The molecule has 0 amide bonds. The summed E-state index contributed by atoms with van der Waals surface area (Å²) in [7, 11) is 1.45. The average Bonchev–Trinajstić information content (AvgIpc) is 3.24. The van der Waals surface area contributed by atoms with Gasteiger partial charge in [-0.1, -0.05) is 0 Å². The molecule has 3 rings (SSSR count). The van der Waals surface area contributed by atoms with Gasteiger partial charge in [-0.2, -0.15) is 0 Å². The fourth-order valence-electron chi connectivity index (χ4n) is 2.42. The predicted molar refractivity (Wildman–Crippen MR) is 85.2 cm³/mol. The molecule has 21 heavy (non-hydrogen) atoms. The lowest BCUT2D eigenvalue weighted by Crippen LogP contribution is -2.13. The first-order valence-corrected chi connectivity index (χ1v) is 7.94. The van der Waals surface area contributed by atoms with Gasteiger partial charge in [0.25, 0.3) is 0 Å². The van der Waals surface area contributed by atoms with Crippen molar-refractivity contribution in [1.29, 1.82) is 0 Å². The molecule has 0 unspecified atom stereocenters. The first-order chi connectivity index (χ1) is 10.1. The van der Waals surface area contributed by atoms with Gasteiger partial charge in [-0.3, -0.25) is 9.78 Å². The molecule has 1 aromatic heterocycles. The number of fused-ring (bicyclic) bond motifs is 1. The van der Waals surface area contributed by atoms with E-state index in [1.54, 1.807) is 11.8 Å². The minimum Gasteiger partial charge on any atom is -0.469 e. The summed E-state index contributed by atoms with van der Waals surface area (Å²) in [5.74, 6) is 0.825.